The molecule has 2 unspecified atom stereocenters. The highest BCUT2D eigenvalue weighted by Gasteiger charge is 2.29. The Bertz CT molecular complexity index is 557. The summed E-state index contributed by atoms with van der Waals surface area (Å²) in [6.45, 7) is 2.97. The molecule has 0 saturated carbocycles. The molecule has 0 radical (unpaired) electrons. The largest absolute Gasteiger partial charge is 0.493 e. The van der Waals surface area contributed by atoms with Crippen LogP contribution in [0, 0.1) is 0 Å². The van der Waals surface area contributed by atoms with Gasteiger partial charge in [-0.3, -0.25) is 9.79 Å². The van der Waals surface area contributed by atoms with Gasteiger partial charge >= 0.3 is 0 Å². The predicted molar refractivity (Wildman–Crippen MR) is 87.3 cm³/mol. The Balaban J connectivity index is 1.93. The van der Waals surface area contributed by atoms with E-state index in [0.29, 0.717) is 12.6 Å². The maximum atomic E-state index is 11.6. The molecule has 1 aliphatic heterocycles. The molecule has 1 aliphatic rings. The third-order valence-electron chi connectivity index (χ3n) is 3.83. The van der Waals surface area contributed by atoms with Gasteiger partial charge in [0.15, 0.2) is 5.96 Å². The second kappa shape index (κ2) is 7.15. The number of benzene rings is 1. The second-order valence-electron chi connectivity index (χ2n) is 5.60. The van der Waals surface area contributed by atoms with Crippen LogP contribution in [-0.2, 0) is 4.79 Å². The zero-order valence-electron chi connectivity index (χ0n) is 13.6. The highest BCUT2D eigenvalue weighted by molar-refractivity contribution is 5.86. The first-order valence-electron chi connectivity index (χ1n) is 7.42. The van der Waals surface area contributed by atoms with Crippen molar-refractivity contribution in [2.24, 2.45) is 4.99 Å². The molecule has 0 spiro atoms. The van der Waals surface area contributed by atoms with Crippen molar-refractivity contribution in [3.63, 3.8) is 0 Å². The van der Waals surface area contributed by atoms with Crippen LogP contribution in [0.4, 0.5) is 0 Å². The molecule has 0 fully saturated rings. The minimum atomic E-state index is 0.00477. The fourth-order valence-electron chi connectivity index (χ4n) is 2.43. The smallest absolute Gasteiger partial charge is 0.241 e. The third-order valence-corrected chi connectivity index (χ3v) is 3.83. The molecule has 1 amide bonds. The summed E-state index contributed by atoms with van der Waals surface area (Å²) in [7, 11) is 5.16. The number of fused-ring (bicyclic) bond motifs is 1. The van der Waals surface area contributed by atoms with Crippen LogP contribution in [0.1, 0.15) is 18.4 Å². The molecule has 2 rings (SSSR count). The lowest BCUT2D eigenvalue weighted by Gasteiger charge is -2.22. The lowest BCUT2D eigenvalue weighted by molar-refractivity contribution is -0.127. The number of rotatable bonds is 4. The maximum Gasteiger partial charge on any atom is 0.241 e. The Labute approximate surface area is 131 Å². The molecule has 2 atom stereocenters. The van der Waals surface area contributed by atoms with Crippen LogP contribution in [0.3, 0.4) is 0 Å². The fourth-order valence-corrected chi connectivity index (χ4v) is 2.43. The van der Waals surface area contributed by atoms with E-state index in [-0.39, 0.29) is 24.4 Å². The molecular formula is C16H24N4O2. The molecule has 1 aromatic rings. The Hall–Kier alpha value is -2.24. The summed E-state index contributed by atoms with van der Waals surface area (Å²) in [4.78, 5) is 17.3. The van der Waals surface area contributed by atoms with Gasteiger partial charge in [0.1, 0.15) is 5.75 Å². The molecular weight excluding hydrogens is 280 g/mol. The van der Waals surface area contributed by atoms with Crippen LogP contribution < -0.4 is 15.4 Å². The number of likely N-dealkylation sites (N-methyl/N-ethyl adjacent to an activating group) is 1. The number of aliphatic imine (C=N–C) groups is 1. The lowest BCUT2D eigenvalue weighted by Crippen LogP contribution is -2.47. The third kappa shape index (κ3) is 3.69. The van der Waals surface area contributed by atoms with E-state index in [1.54, 1.807) is 26.0 Å². The molecule has 0 aromatic heterocycles. The maximum absolute atomic E-state index is 11.6. The van der Waals surface area contributed by atoms with Crippen LogP contribution in [0.25, 0.3) is 0 Å². The molecule has 0 bridgehead atoms. The molecule has 6 heteroatoms. The number of nitrogens with zero attached hydrogens (tertiary/aromatic N) is 2. The molecule has 1 heterocycles. The van der Waals surface area contributed by atoms with Crippen molar-refractivity contribution < 1.29 is 9.53 Å². The van der Waals surface area contributed by atoms with Gasteiger partial charge in [0.05, 0.1) is 13.2 Å². The van der Waals surface area contributed by atoms with Crippen LogP contribution in [0.2, 0.25) is 0 Å². The summed E-state index contributed by atoms with van der Waals surface area (Å²) in [5.41, 5.74) is 1.21. The van der Waals surface area contributed by atoms with Gasteiger partial charge in [0.25, 0.3) is 0 Å². The summed E-state index contributed by atoms with van der Waals surface area (Å²) in [6, 6.07) is 8.23. The molecule has 120 valence electrons. The highest BCUT2D eigenvalue weighted by Crippen LogP contribution is 2.35. The van der Waals surface area contributed by atoms with Crippen molar-refractivity contribution in [1.29, 1.82) is 0 Å². The van der Waals surface area contributed by atoms with Crippen molar-refractivity contribution in [1.82, 2.24) is 15.5 Å². The average molecular weight is 304 g/mol. The number of hydrogen-bond acceptors (Lipinski definition) is 3. The fraction of sp³-hybridized carbons (Fsp3) is 0.500. The average Bonchev–Trinajstić information content (AvgIpc) is 2.94. The number of ether oxygens (including phenoxy) is 1. The van der Waals surface area contributed by atoms with Crippen molar-refractivity contribution in [3.05, 3.63) is 29.8 Å². The minimum absolute atomic E-state index is 0.00477. The highest BCUT2D eigenvalue weighted by atomic mass is 16.5. The number of para-hydroxylation sites is 1. The van der Waals surface area contributed by atoms with Gasteiger partial charge in [-0.1, -0.05) is 18.2 Å². The van der Waals surface area contributed by atoms with E-state index >= 15 is 0 Å². The Morgan fingerprint density at radius 1 is 1.45 bits per heavy atom. The molecule has 6 nitrogen and oxygen atoms in total. The van der Waals surface area contributed by atoms with E-state index < -0.39 is 0 Å². The standard InChI is InChI=1S/C16H24N4O2/c1-11(13-10-22-14-8-6-5-7-12(13)14)19-16(17-2)18-9-15(21)20(3)4/h5-8,11,13H,9-10H2,1-4H3,(H2,17,18,19). The molecule has 0 saturated heterocycles. The number of carbonyl (C=O) groups is 1. The van der Waals surface area contributed by atoms with E-state index in [4.69, 9.17) is 4.74 Å². The minimum Gasteiger partial charge on any atom is -0.493 e. The van der Waals surface area contributed by atoms with Crippen LogP contribution >= 0.6 is 0 Å². The van der Waals surface area contributed by atoms with Crippen molar-refractivity contribution >= 4 is 11.9 Å². The molecule has 2 N–H and O–H groups in total. The Kier molecular flexibility index (Phi) is 5.25. The Morgan fingerprint density at radius 3 is 2.86 bits per heavy atom. The van der Waals surface area contributed by atoms with Gasteiger partial charge in [-0.25, -0.2) is 0 Å². The Morgan fingerprint density at radius 2 is 2.18 bits per heavy atom. The zero-order valence-corrected chi connectivity index (χ0v) is 13.6. The van der Waals surface area contributed by atoms with E-state index in [9.17, 15) is 4.79 Å². The van der Waals surface area contributed by atoms with Crippen LogP contribution in [0.5, 0.6) is 5.75 Å². The topological polar surface area (TPSA) is 66.0 Å². The van der Waals surface area contributed by atoms with Crippen molar-refractivity contribution in [3.8, 4) is 5.75 Å². The van der Waals surface area contributed by atoms with Gasteiger partial charge in [0.2, 0.25) is 5.91 Å². The van der Waals surface area contributed by atoms with E-state index in [1.165, 1.54) is 5.56 Å². The number of guanidine groups is 1. The van der Waals surface area contributed by atoms with Crippen LogP contribution in [-0.4, -0.2) is 57.1 Å². The normalized spacial score (nSPS) is 18.2. The summed E-state index contributed by atoms with van der Waals surface area (Å²) in [5, 5.41) is 6.37. The van der Waals surface area contributed by atoms with Gasteiger partial charge in [0, 0.05) is 38.7 Å². The first-order valence-corrected chi connectivity index (χ1v) is 7.42. The number of nitrogens with one attached hydrogen (secondary N) is 2. The summed E-state index contributed by atoms with van der Waals surface area (Å²) < 4.78 is 5.72. The SMILES string of the molecule is CN=C(NCC(=O)N(C)C)NC(C)C1COc2ccccc21. The summed E-state index contributed by atoms with van der Waals surface area (Å²) >= 11 is 0. The number of amides is 1. The first-order chi connectivity index (χ1) is 10.5. The quantitative estimate of drug-likeness (QED) is 0.638. The van der Waals surface area contributed by atoms with Gasteiger partial charge < -0.3 is 20.3 Å². The lowest BCUT2D eigenvalue weighted by atomic mass is 9.94. The monoisotopic (exact) mass is 304 g/mol. The van der Waals surface area contributed by atoms with E-state index in [2.05, 4.69) is 28.6 Å². The van der Waals surface area contributed by atoms with Gasteiger partial charge in [-0.15, -0.1) is 0 Å². The molecule has 22 heavy (non-hydrogen) atoms. The predicted octanol–water partition coefficient (Wildman–Crippen LogP) is 0.804. The first kappa shape index (κ1) is 16.1. The number of hydrogen-bond donors (Lipinski definition) is 2. The van der Waals surface area contributed by atoms with Crippen LogP contribution in [0.15, 0.2) is 29.3 Å². The second-order valence-corrected chi connectivity index (χ2v) is 5.60. The molecule has 1 aromatic carbocycles. The zero-order chi connectivity index (χ0) is 16.1. The molecule has 0 aliphatic carbocycles. The van der Waals surface area contributed by atoms with Gasteiger partial charge in [-0.2, -0.15) is 0 Å². The summed E-state index contributed by atoms with van der Waals surface area (Å²) in [6.07, 6.45) is 0. The number of carbonyl (C=O) groups excluding carboxylic acids is 1. The van der Waals surface area contributed by atoms with Gasteiger partial charge in [-0.05, 0) is 13.0 Å². The van der Waals surface area contributed by atoms with Crippen molar-refractivity contribution in [2.75, 3.05) is 34.3 Å². The van der Waals surface area contributed by atoms with E-state index in [1.807, 2.05) is 18.2 Å². The van der Waals surface area contributed by atoms with E-state index in [0.717, 1.165) is 5.75 Å². The van der Waals surface area contributed by atoms with Crippen molar-refractivity contribution in [2.45, 2.75) is 18.9 Å². The summed E-state index contributed by atoms with van der Waals surface area (Å²) in [5.74, 6) is 1.84.